The zero-order valence-electron chi connectivity index (χ0n) is 18.8. The summed E-state index contributed by atoms with van der Waals surface area (Å²) in [6, 6.07) is 15.3. The molecule has 2 amide bonds. The van der Waals surface area contributed by atoms with E-state index >= 15 is 0 Å². The largest absolute Gasteiger partial charge is 0.493 e. The van der Waals surface area contributed by atoms with Crippen molar-refractivity contribution >= 4 is 12.0 Å². The predicted molar refractivity (Wildman–Crippen MR) is 123 cm³/mol. The molecular formula is C25H32N2O5. The number of piperidine rings is 1. The summed E-state index contributed by atoms with van der Waals surface area (Å²) < 4.78 is 11.2. The Bertz CT molecular complexity index is 872. The minimum atomic E-state index is -0.228. The lowest BCUT2D eigenvalue weighted by Gasteiger charge is -2.31. The van der Waals surface area contributed by atoms with Crippen molar-refractivity contribution in [1.29, 1.82) is 0 Å². The molecule has 1 fully saturated rings. The third-order valence-corrected chi connectivity index (χ3v) is 5.43. The number of nitrogens with zero attached hydrogens (tertiary/aromatic N) is 1. The molecule has 0 bridgehead atoms. The zero-order chi connectivity index (χ0) is 22.9. The highest BCUT2D eigenvalue weighted by Crippen LogP contribution is 2.24. The number of nitrogens with one attached hydrogen (secondary N) is 1. The number of aliphatic hydroxyl groups is 1. The van der Waals surface area contributed by atoms with Crippen LogP contribution in [0.15, 0.2) is 48.5 Å². The van der Waals surface area contributed by atoms with Crippen molar-refractivity contribution in [3.8, 4) is 16.9 Å². The number of carbonyl (C=O) groups is 2. The number of ether oxygens (including phenoxy) is 2. The lowest BCUT2D eigenvalue weighted by molar-refractivity contribution is 0.0608. The van der Waals surface area contributed by atoms with Gasteiger partial charge < -0.3 is 24.8 Å². The third kappa shape index (κ3) is 6.72. The Morgan fingerprint density at radius 1 is 1.03 bits per heavy atom. The van der Waals surface area contributed by atoms with E-state index in [9.17, 15) is 9.59 Å². The van der Waals surface area contributed by atoms with Crippen LogP contribution in [0.5, 0.6) is 5.75 Å². The molecule has 0 unspecified atom stereocenters. The summed E-state index contributed by atoms with van der Waals surface area (Å²) in [6.07, 6.45) is 1.49. The molecule has 7 heteroatoms. The Kier molecular flexibility index (Phi) is 8.50. The standard InChI is InChI=1S/C25H32N2O5/c1-18(2)32-25(30)27-14-11-19(12-15-27)17-31-23-9-7-21(8-10-23)20-3-5-22(6-4-20)24(29)26-13-16-28/h3-10,18-19,28H,11-17H2,1-2H3,(H,26,29). The number of rotatable bonds is 8. The molecule has 32 heavy (non-hydrogen) atoms. The lowest BCUT2D eigenvalue weighted by Crippen LogP contribution is -2.40. The van der Waals surface area contributed by atoms with E-state index in [1.807, 2.05) is 50.2 Å². The summed E-state index contributed by atoms with van der Waals surface area (Å²) in [5, 5.41) is 11.4. The van der Waals surface area contributed by atoms with Crippen molar-refractivity contribution in [2.75, 3.05) is 32.8 Å². The van der Waals surface area contributed by atoms with Crippen molar-refractivity contribution in [2.24, 2.45) is 5.92 Å². The van der Waals surface area contributed by atoms with Gasteiger partial charge >= 0.3 is 6.09 Å². The quantitative estimate of drug-likeness (QED) is 0.653. The van der Waals surface area contributed by atoms with Crippen LogP contribution in [-0.2, 0) is 4.74 Å². The molecule has 7 nitrogen and oxygen atoms in total. The molecule has 2 aromatic rings. The normalized spacial score (nSPS) is 14.3. The molecule has 3 rings (SSSR count). The smallest absolute Gasteiger partial charge is 0.410 e. The molecule has 1 aliphatic heterocycles. The van der Waals surface area contributed by atoms with Crippen molar-refractivity contribution in [2.45, 2.75) is 32.8 Å². The van der Waals surface area contributed by atoms with Gasteiger partial charge in [-0.25, -0.2) is 4.79 Å². The molecule has 0 aliphatic carbocycles. The summed E-state index contributed by atoms with van der Waals surface area (Å²) in [5.74, 6) is 1.04. The average Bonchev–Trinajstić information content (AvgIpc) is 2.81. The van der Waals surface area contributed by atoms with Crippen molar-refractivity contribution in [1.82, 2.24) is 10.2 Å². The fourth-order valence-electron chi connectivity index (χ4n) is 3.60. The Morgan fingerprint density at radius 3 is 2.19 bits per heavy atom. The van der Waals surface area contributed by atoms with Gasteiger partial charge in [-0.2, -0.15) is 0 Å². The molecule has 1 heterocycles. The summed E-state index contributed by atoms with van der Waals surface area (Å²) in [6.45, 7) is 5.91. The monoisotopic (exact) mass is 440 g/mol. The van der Waals surface area contributed by atoms with Gasteiger partial charge in [-0.15, -0.1) is 0 Å². The molecule has 0 aromatic heterocycles. The summed E-state index contributed by atoms with van der Waals surface area (Å²) in [7, 11) is 0. The Hall–Kier alpha value is -3.06. The maximum Gasteiger partial charge on any atom is 0.410 e. The van der Waals surface area contributed by atoms with Gasteiger partial charge in [0, 0.05) is 25.2 Å². The van der Waals surface area contributed by atoms with E-state index < -0.39 is 0 Å². The second kappa shape index (κ2) is 11.5. The Morgan fingerprint density at radius 2 is 1.62 bits per heavy atom. The molecular weight excluding hydrogens is 408 g/mol. The van der Waals surface area contributed by atoms with Gasteiger partial charge in [0.2, 0.25) is 0 Å². The summed E-state index contributed by atoms with van der Waals surface area (Å²) in [5.41, 5.74) is 2.61. The average molecular weight is 441 g/mol. The SMILES string of the molecule is CC(C)OC(=O)N1CCC(COc2ccc(-c3ccc(C(=O)NCCO)cc3)cc2)CC1. The van der Waals surface area contributed by atoms with Gasteiger partial charge in [0.1, 0.15) is 5.75 Å². The number of likely N-dealkylation sites (tertiary alicyclic amines) is 1. The van der Waals surface area contributed by atoms with Crippen LogP contribution in [0.4, 0.5) is 4.79 Å². The first-order chi connectivity index (χ1) is 15.5. The second-order valence-electron chi connectivity index (χ2n) is 8.26. The van der Waals surface area contributed by atoms with Crippen LogP contribution in [0.2, 0.25) is 0 Å². The molecule has 0 saturated carbocycles. The third-order valence-electron chi connectivity index (χ3n) is 5.43. The fourth-order valence-corrected chi connectivity index (χ4v) is 3.60. The van der Waals surface area contributed by atoms with E-state index in [-0.39, 0.29) is 31.3 Å². The van der Waals surface area contributed by atoms with Crippen LogP contribution in [0.3, 0.4) is 0 Å². The van der Waals surface area contributed by atoms with Crippen LogP contribution in [0.25, 0.3) is 11.1 Å². The van der Waals surface area contributed by atoms with Crippen LogP contribution in [-0.4, -0.2) is 61.0 Å². The molecule has 0 radical (unpaired) electrons. The molecule has 1 saturated heterocycles. The van der Waals surface area contributed by atoms with Crippen LogP contribution in [0.1, 0.15) is 37.0 Å². The van der Waals surface area contributed by atoms with Crippen LogP contribution in [0, 0.1) is 5.92 Å². The molecule has 2 aromatic carbocycles. The first-order valence-electron chi connectivity index (χ1n) is 11.1. The van der Waals surface area contributed by atoms with Gasteiger partial charge in [-0.05, 0) is 68.0 Å². The van der Waals surface area contributed by atoms with Crippen molar-refractivity contribution < 1.29 is 24.2 Å². The number of benzene rings is 2. The second-order valence-corrected chi connectivity index (χ2v) is 8.26. The number of hydrogen-bond acceptors (Lipinski definition) is 5. The minimum absolute atomic E-state index is 0.0790. The van der Waals surface area contributed by atoms with E-state index in [0.29, 0.717) is 31.2 Å². The van der Waals surface area contributed by atoms with Gasteiger partial charge in [-0.3, -0.25) is 4.79 Å². The number of carbonyl (C=O) groups excluding carboxylic acids is 2. The lowest BCUT2D eigenvalue weighted by atomic mass is 9.98. The van der Waals surface area contributed by atoms with Gasteiger partial charge in [0.15, 0.2) is 0 Å². The summed E-state index contributed by atoms with van der Waals surface area (Å²) in [4.78, 5) is 25.7. The molecule has 0 spiro atoms. The molecule has 1 aliphatic rings. The maximum absolute atomic E-state index is 12.0. The van der Waals surface area contributed by atoms with E-state index in [4.69, 9.17) is 14.6 Å². The highest BCUT2D eigenvalue weighted by molar-refractivity contribution is 5.94. The van der Waals surface area contributed by atoms with Gasteiger partial charge in [0.05, 0.1) is 19.3 Å². The van der Waals surface area contributed by atoms with E-state index in [1.54, 1.807) is 17.0 Å². The Balaban J connectivity index is 1.46. The predicted octanol–water partition coefficient (Wildman–Crippen LogP) is 3.71. The first-order valence-corrected chi connectivity index (χ1v) is 11.1. The highest BCUT2D eigenvalue weighted by Gasteiger charge is 2.24. The van der Waals surface area contributed by atoms with E-state index in [2.05, 4.69) is 5.32 Å². The maximum atomic E-state index is 12.0. The van der Waals surface area contributed by atoms with E-state index in [0.717, 1.165) is 29.7 Å². The molecule has 0 atom stereocenters. The summed E-state index contributed by atoms with van der Waals surface area (Å²) >= 11 is 0. The first kappa shape index (κ1) is 23.6. The van der Waals surface area contributed by atoms with Crippen molar-refractivity contribution in [3.05, 3.63) is 54.1 Å². The van der Waals surface area contributed by atoms with Gasteiger partial charge in [0.25, 0.3) is 5.91 Å². The zero-order valence-corrected chi connectivity index (χ0v) is 18.8. The van der Waals surface area contributed by atoms with Crippen molar-refractivity contribution in [3.63, 3.8) is 0 Å². The molecule has 2 N–H and O–H groups in total. The number of aliphatic hydroxyl groups excluding tert-OH is 1. The number of amides is 2. The highest BCUT2D eigenvalue weighted by atomic mass is 16.6. The topological polar surface area (TPSA) is 88.1 Å². The fraction of sp³-hybridized carbons (Fsp3) is 0.440. The molecule has 172 valence electrons. The van der Waals surface area contributed by atoms with Crippen LogP contribution >= 0.6 is 0 Å². The minimum Gasteiger partial charge on any atom is -0.493 e. The van der Waals surface area contributed by atoms with E-state index in [1.165, 1.54) is 0 Å². The van der Waals surface area contributed by atoms with Gasteiger partial charge in [-0.1, -0.05) is 24.3 Å². The number of hydrogen-bond donors (Lipinski definition) is 2. The Labute approximate surface area is 189 Å². The van der Waals surface area contributed by atoms with Crippen LogP contribution < -0.4 is 10.1 Å².